The lowest BCUT2D eigenvalue weighted by molar-refractivity contribution is 0.352. The lowest BCUT2D eigenvalue weighted by Crippen LogP contribution is -2.11. The zero-order valence-electron chi connectivity index (χ0n) is 20.6. The average Bonchev–Trinajstić information content (AvgIpc) is 2.58. The van der Waals surface area contributed by atoms with Gasteiger partial charge < -0.3 is 81.7 Å². The number of unbranched alkanes of at least 4 members (excludes halogenated alkanes) is 3. The fraction of sp³-hybridized carbons (Fsp3) is 1.00. The molecule has 0 amide bonds. The summed E-state index contributed by atoms with van der Waals surface area (Å²) in [5.74, 6) is -4.12. The second-order valence-electron chi connectivity index (χ2n) is 6.98. The van der Waals surface area contributed by atoms with Crippen LogP contribution >= 0.6 is 45.6 Å². The summed E-state index contributed by atoms with van der Waals surface area (Å²) in [4.78, 5) is 95.7. The van der Waals surface area contributed by atoms with E-state index in [-0.39, 0.29) is 0 Å². The van der Waals surface area contributed by atoms with Crippen molar-refractivity contribution in [2.24, 2.45) is 22.9 Å². The second-order valence-corrected chi connectivity index (χ2v) is 18.4. The molecule has 0 aliphatic rings. The zero-order chi connectivity index (χ0) is 32.8. The fourth-order valence-electron chi connectivity index (χ4n) is 1.36. The van der Waals surface area contributed by atoms with Crippen LogP contribution in [-0.4, -0.2) is 103 Å². The highest BCUT2D eigenvalue weighted by Crippen LogP contribution is 2.52. The van der Waals surface area contributed by atoms with E-state index in [0.29, 0.717) is 13.1 Å². The molecule has 0 aliphatic carbocycles. The van der Waals surface area contributed by atoms with Gasteiger partial charge in [0.05, 0.1) is 0 Å². The van der Waals surface area contributed by atoms with Gasteiger partial charge >= 0.3 is 45.6 Å². The Morgan fingerprint density at radius 3 is 0.513 bits per heavy atom. The molecule has 20 N–H and O–H groups in total. The third-order valence-corrected chi connectivity index (χ3v) is 11.3. The Morgan fingerprint density at radius 2 is 0.462 bits per heavy atom. The quantitative estimate of drug-likeness (QED) is 0.0723. The van der Waals surface area contributed by atoms with E-state index in [4.69, 9.17) is 81.7 Å². The van der Waals surface area contributed by atoms with Crippen molar-refractivity contribution in [1.82, 2.24) is 0 Å². The molecule has 0 fully saturated rings. The third-order valence-electron chi connectivity index (χ3n) is 2.43. The first kappa shape index (κ1) is 49.4. The van der Waals surface area contributed by atoms with Gasteiger partial charge in [0, 0.05) is 13.1 Å². The summed E-state index contributed by atoms with van der Waals surface area (Å²) in [6, 6.07) is 0. The van der Waals surface area contributed by atoms with Crippen molar-refractivity contribution in [3.05, 3.63) is 0 Å². The van der Waals surface area contributed by atoms with E-state index in [9.17, 15) is 27.4 Å². The molecule has 0 saturated heterocycles. The fourth-order valence-corrected chi connectivity index (χ4v) is 7.12. The van der Waals surface area contributed by atoms with E-state index in [0.717, 1.165) is 25.9 Å². The van der Waals surface area contributed by atoms with Crippen molar-refractivity contribution in [3.8, 4) is 0 Å². The maximum atomic E-state index is 9.85. The molecule has 22 nitrogen and oxygen atoms in total. The smallest absolute Gasteiger partial charge is 0.330 e. The van der Waals surface area contributed by atoms with Gasteiger partial charge in [-0.15, -0.1) is 0 Å². The number of nitrogens with two attached hydrogens (primary N) is 4. The van der Waals surface area contributed by atoms with Crippen molar-refractivity contribution in [2.75, 3.05) is 43.9 Å². The summed E-state index contributed by atoms with van der Waals surface area (Å²) in [5, 5.41) is 0. The molecule has 0 aliphatic heterocycles. The molecule has 0 saturated carbocycles. The predicted octanol–water partition coefficient (Wildman–Crippen LogP) is -2.73. The van der Waals surface area contributed by atoms with Crippen molar-refractivity contribution < 1.29 is 86.1 Å². The summed E-state index contributed by atoms with van der Waals surface area (Å²) in [7, 11) is -27.3. The molecule has 0 heterocycles. The summed E-state index contributed by atoms with van der Waals surface area (Å²) in [6.45, 7) is 2.84. The van der Waals surface area contributed by atoms with Crippen molar-refractivity contribution >= 4 is 45.6 Å². The third kappa shape index (κ3) is 85.4. The van der Waals surface area contributed by atoms with Gasteiger partial charge in [0.2, 0.25) is 0 Å². The summed E-state index contributed by atoms with van der Waals surface area (Å²) >= 11 is 0. The van der Waals surface area contributed by atoms with Crippen molar-refractivity contribution in [3.63, 3.8) is 0 Å². The molecule has 0 spiro atoms. The van der Waals surface area contributed by atoms with Crippen LogP contribution in [0.2, 0.25) is 0 Å². The number of hydrogen-bond acceptors (Lipinski definition) is 10. The van der Waals surface area contributed by atoms with Gasteiger partial charge in [0.1, 0.15) is 0 Å². The molecule has 0 aromatic carbocycles. The molecule has 0 rings (SSSR count). The number of rotatable bonds is 12. The first-order valence-corrected chi connectivity index (χ1v) is 20.8. The molecule has 244 valence electrons. The minimum Gasteiger partial charge on any atom is -0.330 e. The van der Waals surface area contributed by atoms with Crippen LogP contribution in [-0.2, 0) is 27.4 Å². The summed E-state index contributed by atoms with van der Waals surface area (Å²) in [5.41, 5.74) is 20.4. The standard InChI is InChI=1S/C6H16N2.C2H8N2.3CH6O6P2/c7-5-3-1-2-4-6-8;3-1-2-4;3*2-8(3,4)1-9(5,6)7/h1-8H2;1-4H2;3*1H2,(H2,2,3,4)(H2,5,6,7). The molecule has 0 radical (unpaired) electrons. The Hall–Kier alpha value is 0.740. The van der Waals surface area contributed by atoms with Gasteiger partial charge in [-0.1, -0.05) is 12.8 Å². The molecule has 0 atom stereocenters. The highest BCUT2D eigenvalue weighted by atomic mass is 31.2. The molecule has 0 unspecified atom stereocenters. The first-order valence-electron chi connectivity index (χ1n) is 10.0. The maximum absolute atomic E-state index is 9.85. The monoisotopic (exact) mass is 704 g/mol. The Bertz CT molecular complexity index is 703. The minimum atomic E-state index is -4.55. The molecule has 0 aromatic heterocycles. The number of hydrogen-bond donors (Lipinski definition) is 16. The SMILES string of the molecule is NCCCCCCN.NCCN.O=P(O)(O)CP(=O)(O)O.O=P(O)(O)CP(=O)(O)O.O=P(O)(O)CP(=O)(O)O. The minimum absolute atomic E-state index is 0.597. The van der Waals surface area contributed by atoms with Gasteiger partial charge in [0.25, 0.3) is 0 Å². The van der Waals surface area contributed by atoms with Crippen molar-refractivity contribution in [1.29, 1.82) is 0 Å². The van der Waals surface area contributed by atoms with E-state index in [2.05, 4.69) is 0 Å². The lowest BCUT2D eigenvalue weighted by Gasteiger charge is -2.03. The zero-order valence-corrected chi connectivity index (χ0v) is 26.0. The van der Waals surface area contributed by atoms with E-state index < -0.39 is 63.3 Å². The molecule has 0 aromatic rings. The highest BCUT2D eigenvalue weighted by Gasteiger charge is 2.28. The average molecular weight is 704 g/mol. The van der Waals surface area contributed by atoms with Crippen LogP contribution in [0.3, 0.4) is 0 Å². The van der Waals surface area contributed by atoms with Crippen LogP contribution in [0.15, 0.2) is 0 Å². The molecular formula is C11H42N4O18P6. The largest absolute Gasteiger partial charge is 0.337 e. The van der Waals surface area contributed by atoms with E-state index >= 15 is 0 Å². The topological polar surface area (TPSA) is 449 Å². The van der Waals surface area contributed by atoms with E-state index in [1.807, 2.05) is 0 Å². The van der Waals surface area contributed by atoms with Crippen LogP contribution in [0, 0.1) is 0 Å². The Morgan fingerprint density at radius 1 is 0.308 bits per heavy atom. The van der Waals surface area contributed by atoms with Crippen LogP contribution in [0.1, 0.15) is 25.7 Å². The van der Waals surface area contributed by atoms with Crippen LogP contribution in [0.5, 0.6) is 0 Å². The molecule has 0 bridgehead atoms. The van der Waals surface area contributed by atoms with Gasteiger partial charge in [-0.25, -0.2) is 0 Å². The predicted molar refractivity (Wildman–Crippen MR) is 142 cm³/mol. The van der Waals surface area contributed by atoms with Gasteiger partial charge in [-0.3, -0.25) is 27.4 Å². The molecule has 39 heavy (non-hydrogen) atoms. The lowest BCUT2D eigenvalue weighted by atomic mass is 10.2. The van der Waals surface area contributed by atoms with Gasteiger partial charge in [-0.2, -0.15) is 0 Å². The van der Waals surface area contributed by atoms with Gasteiger partial charge in [0.15, 0.2) is 17.7 Å². The summed E-state index contributed by atoms with van der Waals surface area (Å²) < 4.78 is 59.1. The first-order chi connectivity index (χ1) is 16.9. The summed E-state index contributed by atoms with van der Waals surface area (Å²) in [6.07, 6.45) is 4.79. The normalized spacial score (nSPS) is 12.3. The van der Waals surface area contributed by atoms with Gasteiger partial charge in [-0.05, 0) is 25.9 Å². The molecular weight excluding hydrogens is 662 g/mol. The van der Waals surface area contributed by atoms with Crippen LogP contribution in [0.4, 0.5) is 0 Å². The van der Waals surface area contributed by atoms with Crippen LogP contribution in [0.25, 0.3) is 0 Å². The Kier molecular flexibility index (Phi) is 30.7. The molecule has 28 heteroatoms. The van der Waals surface area contributed by atoms with Crippen molar-refractivity contribution in [2.45, 2.75) is 25.7 Å². The van der Waals surface area contributed by atoms with E-state index in [1.165, 1.54) is 12.8 Å². The second kappa shape index (κ2) is 24.2. The van der Waals surface area contributed by atoms with E-state index in [1.54, 1.807) is 0 Å². The van der Waals surface area contributed by atoms with Crippen LogP contribution < -0.4 is 22.9 Å². The highest BCUT2D eigenvalue weighted by molar-refractivity contribution is 7.70. The maximum Gasteiger partial charge on any atom is 0.337 e. The Labute approximate surface area is 224 Å². The Balaban J connectivity index is -0.000000126.